The predicted octanol–water partition coefficient (Wildman–Crippen LogP) is 2.33. The first-order valence-corrected chi connectivity index (χ1v) is 7.81. The molecule has 1 saturated heterocycles. The second kappa shape index (κ2) is 5.51. The fraction of sp³-hybridized carbons (Fsp3) is 0.467. The van der Waals surface area contributed by atoms with E-state index in [1.54, 1.807) is 6.20 Å². The number of ether oxygens (including phenoxy) is 1. The van der Waals surface area contributed by atoms with E-state index >= 15 is 0 Å². The van der Waals surface area contributed by atoms with Crippen molar-refractivity contribution in [2.24, 2.45) is 5.73 Å². The van der Waals surface area contributed by atoms with Gasteiger partial charge < -0.3 is 15.4 Å². The Morgan fingerprint density at radius 1 is 1.48 bits per heavy atom. The minimum atomic E-state index is -0.229. The summed E-state index contributed by atoms with van der Waals surface area (Å²) in [5.41, 5.74) is 8.46. The molecule has 0 saturated carbocycles. The molecular formula is C15H19BrN4O. The summed E-state index contributed by atoms with van der Waals surface area (Å²) in [7, 11) is 0. The van der Waals surface area contributed by atoms with Gasteiger partial charge in [-0.1, -0.05) is 0 Å². The molecule has 1 fully saturated rings. The summed E-state index contributed by atoms with van der Waals surface area (Å²) >= 11 is 3.44. The minimum absolute atomic E-state index is 0.0346. The molecule has 0 aromatic carbocycles. The maximum absolute atomic E-state index is 6.00. The Morgan fingerprint density at radius 3 is 3.05 bits per heavy atom. The van der Waals surface area contributed by atoms with Crippen molar-refractivity contribution in [3.8, 4) is 0 Å². The van der Waals surface area contributed by atoms with Crippen molar-refractivity contribution in [2.45, 2.75) is 25.6 Å². The van der Waals surface area contributed by atoms with E-state index in [4.69, 9.17) is 10.5 Å². The first kappa shape index (κ1) is 14.7. The van der Waals surface area contributed by atoms with E-state index in [9.17, 15) is 0 Å². The zero-order valence-corrected chi connectivity index (χ0v) is 13.8. The lowest BCUT2D eigenvalue weighted by Gasteiger charge is -2.43. The first-order valence-electron chi connectivity index (χ1n) is 7.01. The highest BCUT2D eigenvalue weighted by Gasteiger charge is 2.33. The van der Waals surface area contributed by atoms with Gasteiger partial charge in [-0.25, -0.2) is 0 Å². The number of nitrogens with zero attached hydrogens (tertiary/aromatic N) is 3. The molecule has 1 atom stereocenters. The van der Waals surface area contributed by atoms with Crippen molar-refractivity contribution in [1.82, 2.24) is 9.97 Å². The molecule has 2 aromatic heterocycles. The molecule has 112 valence electrons. The Hall–Kier alpha value is -1.24. The maximum Gasteiger partial charge on any atom is 0.112 e. The zero-order valence-electron chi connectivity index (χ0n) is 12.2. The van der Waals surface area contributed by atoms with Gasteiger partial charge in [0.05, 0.1) is 22.9 Å². The fourth-order valence-corrected chi connectivity index (χ4v) is 3.17. The van der Waals surface area contributed by atoms with Crippen LogP contribution in [0.2, 0.25) is 0 Å². The molecule has 3 rings (SSSR count). The molecule has 3 heterocycles. The van der Waals surface area contributed by atoms with Crippen LogP contribution in [0.15, 0.2) is 29.0 Å². The summed E-state index contributed by atoms with van der Waals surface area (Å²) in [4.78, 5) is 11.2. The standard InChI is InChI=1S/C15H19BrN4O/c1-15(2)9-20(8-11(6-17)21-15)13-3-4-18-12-5-10(16)7-19-14(12)13/h3-5,7,11H,6,8-9,17H2,1-2H3. The van der Waals surface area contributed by atoms with Gasteiger partial charge in [-0.15, -0.1) is 0 Å². The maximum atomic E-state index is 6.00. The molecule has 1 aliphatic rings. The molecule has 0 bridgehead atoms. The quantitative estimate of drug-likeness (QED) is 0.900. The Balaban J connectivity index is 2.03. The normalized spacial score (nSPS) is 21.7. The van der Waals surface area contributed by atoms with Crippen LogP contribution in [0.5, 0.6) is 0 Å². The van der Waals surface area contributed by atoms with Crippen LogP contribution in [0.4, 0.5) is 5.69 Å². The van der Waals surface area contributed by atoms with Crippen molar-refractivity contribution in [2.75, 3.05) is 24.5 Å². The Kier molecular flexibility index (Phi) is 3.86. The van der Waals surface area contributed by atoms with Crippen molar-refractivity contribution < 1.29 is 4.74 Å². The van der Waals surface area contributed by atoms with E-state index < -0.39 is 0 Å². The third-order valence-electron chi connectivity index (χ3n) is 3.61. The highest BCUT2D eigenvalue weighted by atomic mass is 79.9. The molecule has 1 unspecified atom stereocenters. The van der Waals surface area contributed by atoms with E-state index in [-0.39, 0.29) is 11.7 Å². The van der Waals surface area contributed by atoms with E-state index in [0.29, 0.717) is 6.54 Å². The summed E-state index contributed by atoms with van der Waals surface area (Å²) in [6.07, 6.45) is 3.66. The van der Waals surface area contributed by atoms with Crippen LogP contribution in [0.1, 0.15) is 13.8 Å². The lowest BCUT2D eigenvalue weighted by Crippen LogP contribution is -2.55. The lowest BCUT2D eigenvalue weighted by molar-refractivity contribution is -0.0787. The number of anilines is 1. The summed E-state index contributed by atoms with van der Waals surface area (Å²) < 4.78 is 6.93. The Labute approximate surface area is 132 Å². The van der Waals surface area contributed by atoms with Crippen LogP contribution >= 0.6 is 15.9 Å². The van der Waals surface area contributed by atoms with Gasteiger partial charge in [0, 0.05) is 36.5 Å². The van der Waals surface area contributed by atoms with Gasteiger partial charge in [-0.3, -0.25) is 9.97 Å². The topological polar surface area (TPSA) is 64.3 Å². The van der Waals surface area contributed by atoms with E-state index in [2.05, 4.69) is 44.6 Å². The number of morpholine rings is 1. The molecule has 5 nitrogen and oxygen atoms in total. The average molecular weight is 351 g/mol. The van der Waals surface area contributed by atoms with Crippen molar-refractivity contribution >= 4 is 32.7 Å². The van der Waals surface area contributed by atoms with Crippen molar-refractivity contribution in [3.05, 3.63) is 29.0 Å². The summed E-state index contributed by atoms with van der Waals surface area (Å²) in [5.74, 6) is 0. The second-order valence-electron chi connectivity index (χ2n) is 5.97. The molecule has 2 aromatic rings. The van der Waals surface area contributed by atoms with Crippen LogP contribution in [-0.4, -0.2) is 41.3 Å². The van der Waals surface area contributed by atoms with Gasteiger partial charge in [-0.05, 0) is 41.9 Å². The highest BCUT2D eigenvalue weighted by molar-refractivity contribution is 9.10. The molecule has 0 amide bonds. The number of nitrogens with two attached hydrogens (primary N) is 1. The minimum Gasteiger partial charge on any atom is -0.367 e. The van der Waals surface area contributed by atoms with Crippen LogP contribution in [-0.2, 0) is 4.74 Å². The molecule has 0 aliphatic carbocycles. The lowest BCUT2D eigenvalue weighted by atomic mass is 10.0. The first-order chi connectivity index (χ1) is 9.98. The number of fused-ring (bicyclic) bond motifs is 1. The monoisotopic (exact) mass is 350 g/mol. The van der Waals surface area contributed by atoms with Gasteiger partial charge in [0.2, 0.25) is 0 Å². The number of pyridine rings is 2. The van der Waals surface area contributed by atoms with Crippen LogP contribution in [0, 0.1) is 0 Å². The molecule has 2 N–H and O–H groups in total. The van der Waals surface area contributed by atoms with Crippen LogP contribution in [0.3, 0.4) is 0 Å². The summed E-state index contributed by atoms with van der Waals surface area (Å²) in [6, 6.07) is 4.00. The molecule has 0 radical (unpaired) electrons. The second-order valence-corrected chi connectivity index (χ2v) is 6.88. The number of hydrogen-bond acceptors (Lipinski definition) is 5. The molecule has 6 heteroatoms. The van der Waals surface area contributed by atoms with Gasteiger partial charge >= 0.3 is 0 Å². The Morgan fingerprint density at radius 2 is 2.29 bits per heavy atom. The van der Waals surface area contributed by atoms with Gasteiger partial charge in [0.15, 0.2) is 0 Å². The number of halogens is 1. The molecule has 21 heavy (non-hydrogen) atoms. The third-order valence-corrected chi connectivity index (χ3v) is 4.04. The van der Waals surface area contributed by atoms with Gasteiger partial charge in [0.25, 0.3) is 0 Å². The van der Waals surface area contributed by atoms with Crippen molar-refractivity contribution in [3.63, 3.8) is 0 Å². The largest absolute Gasteiger partial charge is 0.367 e. The summed E-state index contributed by atoms with van der Waals surface area (Å²) in [6.45, 7) is 6.28. The van der Waals surface area contributed by atoms with Gasteiger partial charge in [-0.2, -0.15) is 0 Å². The Bertz CT molecular complexity index is 661. The van der Waals surface area contributed by atoms with Gasteiger partial charge in [0.1, 0.15) is 5.52 Å². The number of rotatable bonds is 2. The highest BCUT2D eigenvalue weighted by Crippen LogP contribution is 2.30. The van der Waals surface area contributed by atoms with Crippen LogP contribution in [0.25, 0.3) is 11.0 Å². The molecular weight excluding hydrogens is 332 g/mol. The van der Waals surface area contributed by atoms with E-state index in [1.165, 1.54) is 0 Å². The van der Waals surface area contributed by atoms with E-state index in [1.807, 2.05) is 18.3 Å². The zero-order chi connectivity index (χ0) is 15.0. The SMILES string of the molecule is CC1(C)CN(c2ccnc3cc(Br)cnc23)CC(CN)O1. The van der Waals surface area contributed by atoms with E-state index in [0.717, 1.165) is 34.3 Å². The molecule has 0 spiro atoms. The number of aromatic nitrogens is 2. The fourth-order valence-electron chi connectivity index (χ4n) is 2.85. The third kappa shape index (κ3) is 3.02. The smallest absolute Gasteiger partial charge is 0.112 e. The predicted molar refractivity (Wildman–Crippen MR) is 87.5 cm³/mol. The number of hydrogen-bond donors (Lipinski definition) is 1. The average Bonchev–Trinajstić information content (AvgIpc) is 2.44. The van der Waals surface area contributed by atoms with Crippen LogP contribution < -0.4 is 10.6 Å². The molecule has 1 aliphatic heterocycles. The summed E-state index contributed by atoms with van der Waals surface area (Å²) in [5, 5.41) is 0. The van der Waals surface area contributed by atoms with Crippen molar-refractivity contribution in [1.29, 1.82) is 0 Å².